The van der Waals surface area contributed by atoms with Gasteiger partial charge in [-0.05, 0) is 38.0 Å². The van der Waals surface area contributed by atoms with Crippen LogP contribution in [0.4, 0.5) is 4.39 Å². The minimum absolute atomic E-state index is 0.238. The molecule has 1 aromatic rings. The van der Waals surface area contributed by atoms with Gasteiger partial charge in [0.2, 0.25) is 0 Å². The fourth-order valence-electron chi connectivity index (χ4n) is 2.42. The number of halogens is 1. The highest BCUT2D eigenvalue weighted by Gasteiger charge is 2.29. The number of likely N-dealkylation sites (tertiary alicyclic amines) is 1. The number of ether oxygens (including phenoxy) is 1. The summed E-state index contributed by atoms with van der Waals surface area (Å²) in [4.78, 5) is 25.6. The molecule has 1 heterocycles. The van der Waals surface area contributed by atoms with Crippen molar-refractivity contribution in [3.05, 3.63) is 35.6 Å². The summed E-state index contributed by atoms with van der Waals surface area (Å²) in [6.07, 6.45) is 1.48. The predicted octanol–water partition coefficient (Wildman–Crippen LogP) is 2.24. The highest BCUT2D eigenvalue weighted by Crippen LogP contribution is 2.20. The Morgan fingerprint density at radius 1 is 1.45 bits per heavy atom. The molecule has 0 aromatic heterocycles. The van der Waals surface area contributed by atoms with Crippen LogP contribution in [0.25, 0.3) is 0 Å². The zero-order chi connectivity index (χ0) is 14.5. The second-order valence-electron chi connectivity index (χ2n) is 4.85. The van der Waals surface area contributed by atoms with E-state index in [0.717, 1.165) is 12.8 Å². The lowest BCUT2D eigenvalue weighted by Gasteiger charge is -2.31. The Morgan fingerprint density at radius 2 is 2.25 bits per heavy atom. The third kappa shape index (κ3) is 3.35. The molecule has 5 heteroatoms. The number of piperidine rings is 1. The van der Waals surface area contributed by atoms with E-state index in [1.165, 1.54) is 18.2 Å². The molecule has 1 saturated heterocycles. The fraction of sp³-hybridized carbons (Fsp3) is 0.467. The van der Waals surface area contributed by atoms with Crippen LogP contribution in [0.5, 0.6) is 0 Å². The van der Waals surface area contributed by atoms with E-state index in [2.05, 4.69) is 0 Å². The summed E-state index contributed by atoms with van der Waals surface area (Å²) in [5, 5.41) is 0. The first kappa shape index (κ1) is 14.5. The molecule has 4 nitrogen and oxygen atoms in total. The molecule has 108 valence electrons. The van der Waals surface area contributed by atoms with Gasteiger partial charge < -0.3 is 9.64 Å². The molecule has 1 fully saturated rings. The SMILES string of the molecule is CCOC(=O)[C@@H]1CCCN(C(=O)c2cccc(F)c2)C1. The van der Waals surface area contributed by atoms with Gasteiger partial charge in [-0.15, -0.1) is 0 Å². The van der Waals surface area contributed by atoms with E-state index in [0.29, 0.717) is 25.3 Å². The summed E-state index contributed by atoms with van der Waals surface area (Å²) in [5.41, 5.74) is 0.314. The second-order valence-corrected chi connectivity index (χ2v) is 4.85. The first-order chi connectivity index (χ1) is 9.61. The quantitative estimate of drug-likeness (QED) is 0.797. The second kappa shape index (κ2) is 6.50. The van der Waals surface area contributed by atoms with Crippen molar-refractivity contribution in [3.63, 3.8) is 0 Å². The zero-order valence-electron chi connectivity index (χ0n) is 11.5. The number of nitrogens with zero attached hydrogens (tertiary/aromatic N) is 1. The number of amides is 1. The van der Waals surface area contributed by atoms with Crippen LogP contribution in [0.3, 0.4) is 0 Å². The Kier molecular flexibility index (Phi) is 4.71. The Hall–Kier alpha value is -1.91. The minimum atomic E-state index is -0.435. The number of carbonyl (C=O) groups excluding carboxylic acids is 2. The van der Waals surface area contributed by atoms with Crippen molar-refractivity contribution >= 4 is 11.9 Å². The average Bonchev–Trinajstić information content (AvgIpc) is 2.47. The summed E-state index contributed by atoms with van der Waals surface area (Å²) in [7, 11) is 0. The molecule has 1 aliphatic rings. The monoisotopic (exact) mass is 279 g/mol. The molecule has 0 spiro atoms. The van der Waals surface area contributed by atoms with Gasteiger partial charge in [0.25, 0.3) is 5.91 Å². The van der Waals surface area contributed by atoms with Gasteiger partial charge in [-0.25, -0.2) is 4.39 Å². The van der Waals surface area contributed by atoms with Crippen LogP contribution < -0.4 is 0 Å². The van der Waals surface area contributed by atoms with Crippen molar-refractivity contribution in [2.24, 2.45) is 5.92 Å². The molecular formula is C15H18FNO3. The third-order valence-corrected chi connectivity index (χ3v) is 3.40. The van der Waals surface area contributed by atoms with Crippen LogP contribution in [0.1, 0.15) is 30.1 Å². The third-order valence-electron chi connectivity index (χ3n) is 3.40. The molecule has 1 aromatic carbocycles. The lowest BCUT2D eigenvalue weighted by molar-refractivity contribution is -0.149. The molecule has 0 bridgehead atoms. The highest BCUT2D eigenvalue weighted by atomic mass is 19.1. The van der Waals surface area contributed by atoms with E-state index >= 15 is 0 Å². The van der Waals surface area contributed by atoms with E-state index in [9.17, 15) is 14.0 Å². The van der Waals surface area contributed by atoms with Gasteiger partial charge in [0.05, 0.1) is 12.5 Å². The molecule has 1 aliphatic heterocycles. The Bertz CT molecular complexity index is 504. The van der Waals surface area contributed by atoms with Gasteiger partial charge in [0.15, 0.2) is 0 Å². The molecule has 0 radical (unpaired) electrons. The standard InChI is InChI=1S/C15H18FNO3/c1-2-20-15(19)12-6-4-8-17(10-12)14(18)11-5-3-7-13(16)9-11/h3,5,7,9,12H,2,4,6,8,10H2,1H3/t12-/m1/s1. The fourth-order valence-corrected chi connectivity index (χ4v) is 2.42. The average molecular weight is 279 g/mol. The van der Waals surface area contributed by atoms with E-state index in [4.69, 9.17) is 4.74 Å². The van der Waals surface area contributed by atoms with E-state index in [-0.39, 0.29) is 17.8 Å². The summed E-state index contributed by atoms with van der Waals surface area (Å²) in [6.45, 7) is 3.03. The first-order valence-corrected chi connectivity index (χ1v) is 6.83. The number of benzene rings is 1. The van der Waals surface area contributed by atoms with Crippen LogP contribution in [0.15, 0.2) is 24.3 Å². The van der Waals surface area contributed by atoms with Crippen LogP contribution >= 0.6 is 0 Å². The first-order valence-electron chi connectivity index (χ1n) is 6.83. The van der Waals surface area contributed by atoms with E-state index < -0.39 is 5.82 Å². The number of esters is 1. The van der Waals surface area contributed by atoms with Crippen molar-refractivity contribution in [1.29, 1.82) is 0 Å². The maximum absolute atomic E-state index is 13.2. The largest absolute Gasteiger partial charge is 0.466 e. The summed E-state index contributed by atoms with van der Waals surface area (Å²) in [6, 6.07) is 5.61. The van der Waals surface area contributed by atoms with E-state index in [1.54, 1.807) is 17.9 Å². The Labute approximate surface area is 117 Å². The predicted molar refractivity (Wildman–Crippen MR) is 71.7 cm³/mol. The Balaban J connectivity index is 2.05. The van der Waals surface area contributed by atoms with Gasteiger partial charge in [-0.1, -0.05) is 6.07 Å². The summed E-state index contributed by atoms with van der Waals surface area (Å²) in [5.74, 6) is -1.21. The molecule has 20 heavy (non-hydrogen) atoms. The van der Waals surface area contributed by atoms with Crippen molar-refractivity contribution < 1.29 is 18.7 Å². The molecule has 0 aliphatic carbocycles. The number of hydrogen-bond donors (Lipinski definition) is 0. The molecule has 0 N–H and O–H groups in total. The van der Waals surface area contributed by atoms with Gasteiger partial charge >= 0.3 is 5.97 Å². The summed E-state index contributed by atoms with van der Waals surface area (Å²) < 4.78 is 18.2. The van der Waals surface area contributed by atoms with E-state index in [1.807, 2.05) is 0 Å². The molecular weight excluding hydrogens is 261 g/mol. The van der Waals surface area contributed by atoms with Crippen LogP contribution in [0.2, 0.25) is 0 Å². The molecule has 1 amide bonds. The van der Waals surface area contributed by atoms with Crippen molar-refractivity contribution in [1.82, 2.24) is 4.90 Å². The van der Waals surface area contributed by atoms with Crippen LogP contribution in [-0.4, -0.2) is 36.5 Å². The van der Waals surface area contributed by atoms with Gasteiger partial charge in [-0.2, -0.15) is 0 Å². The number of carbonyl (C=O) groups is 2. The highest BCUT2D eigenvalue weighted by molar-refractivity contribution is 5.94. The van der Waals surface area contributed by atoms with Crippen molar-refractivity contribution in [3.8, 4) is 0 Å². The Morgan fingerprint density at radius 3 is 2.95 bits per heavy atom. The maximum Gasteiger partial charge on any atom is 0.310 e. The van der Waals surface area contributed by atoms with Gasteiger partial charge in [0, 0.05) is 18.7 Å². The topological polar surface area (TPSA) is 46.6 Å². The van der Waals surface area contributed by atoms with Crippen LogP contribution in [0, 0.1) is 11.7 Å². The maximum atomic E-state index is 13.2. The normalized spacial score (nSPS) is 18.7. The van der Waals surface area contributed by atoms with Crippen molar-refractivity contribution in [2.45, 2.75) is 19.8 Å². The zero-order valence-corrected chi connectivity index (χ0v) is 11.5. The minimum Gasteiger partial charge on any atom is -0.466 e. The van der Waals surface area contributed by atoms with Gasteiger partial charge in [-0.3, -0.25) is 9.59 Å². The molecule has 0 saturated carbocycles. The molecule has 1 atom stereocenters. The number of rotatable bonds is 3. The lowest BCUT2D eigenvalue weighted by atomic mass is 9.97. The number of hydrogen-bond acceptors (Lipinski definition) is 3. The van der Waals surface area contributed by atoms with Gasteiger partial charge in [0.1, 0.15) is 5.82 Å². The summed E-state index contributed by atoms with van der Waals surface area (Å²) >= 11 is 0. The molecule has 0 unspecified atom stereocenters. The molecule has 2 rings (SSSR count). The lowest BCUT2D eigenvalue weighted by Crippen LogP contribution is -2.42. The van der Waals surface area contributed by atoms with Crippen LogP contribution in [-0.2, 0) is 9.53 Å². The smallest absolute Gasteiger partial charge is 0.310 e. The van der Waals surface area contributed by atoms with Crippen molar-refractivity contribution in [2.75, 3.05) is 19.7 Å².